The molecule has 0 radical (unpaired) electrons. The van der Waals surface area contributed by atoms with Gasteiger partial charge in [-0.05, 0) is 36.1 Å². The molecule has 0 saturated carbocycles. The van der Waals surface area contributed by atoms with Gasteiger partial charge in [-0.3, -0.25) is 0 Å². The van der Waals surface area contributed by atoms with Gasteiger partial charge in [0.05, 0.1) is 11.7 Å². The SMILES string of the molecule is CCC(Nc1ccc(S(N)(=O)=O)c(N)c1)c1cccs1. The molecule has 0 aliphatic rings. The average Bonchev–Trinajstić information content (AvgIpc) is 2.88. The summed E-state index contributed by atoms with van der Waals surface area (Å²) < 4.78 is 22.6. The molecule has 0 saturated heterocycles. The molecular weight excluding hydrogens is 294 g/mol. The highest BCUT2D eigenvalue weighted by molar-refractivity contribution is 7.89. The van der Waals surface area contributed by atoms with E-state index in [-0.39, 0.29) is 16.6 Å². The van der Waals surface area contributed by atoms with Crippen molar-refractivity contribution in [2.24, 2.45) is 5.14 Å². The highest BCUT2D eigenvalue weighted by Crippen LogP contribution is 2.28. The van der Waals surface area contributed by atoms with Crippen molar-refractivity contribution in [2.75, 3.05) is 11.1 Å². The van der Waals surface area contributed by atoms with Crippen molar-refractivity contribution in [3.8, 4) is 0 Å². The molecule has 1 aromatic carbocycles. The van der Waals surface area contributed by atoms with Crippen molar-refractivity contribution >= 4 is 32.7 Å². The summed E-state index contributed by atoms with van der Waals surface area (Å²) in [5.41, 5.74) is 6.67. The Kier molecular flexibility index (Phi) is 4.32. The molecule has 1 heterocycles. The van der Waals surface area contributed by atoms with E-state index in [1.807, 2.05) is 11.4 Å². The zero-order valence-electron chi connectivity index (χ0n) is 11.0. The van der Waals surface area contributed by atoms with Gasteiger partial charge in [-0.15, -0.1) is 11.3 Å². The van der Waals surface area contributed by atoms with E-state index in [0.29, 0.717) is 0 Å². The second kappa shape index (κ2) is 5.82. The molecule has 5 nitrogen and oxygen atoms in total. The maximum atomic E-state index is 11.3. The monoisotopic (exact) mass is 311 g/mol. The number of primary sulfonamides is 1. The first-order valence-corrected chi connectivity index (χ1v) is 8.56. The Hall–Kier alpha value is -1.57. The number of hydrogen-bond acceptors (Lipinski definition) is 5. The molecule has 20 heavy (non-hydrogen) atoms. The standard InChI is InChI=1S/C13H17N3O2S2/c1-2-11(12-4-3-7-19-12)16-9-5-6-13(10(14)8-9)20(15,17)18/h3-8,11,16H,2,14H2,1H3,(H2,15,17,18). The molecule has 2 rings (SSSR count). The van der Waals surface area contributed by atoms with Crippen LogP contribution in [0.5, 0.6) is 0 Å². The second-order valence-corrected chi connectivity index (χ2v) is 6.93. The Morgan fingerprint density at radius 1 is 1.35 bits per heavy atom. The number of sulfonamides is 1. The molecule has 0 amide bonds. The number of nitrogen functional groups attached to an aromatic ring is 1. The third kappa shape index (κ3) is 3.30. The van der Waals surface area contributed by atoms with Crippen LogP contribution in [0, 0.1) is 0 Å². The van der Waals surface area contributed by atoms with Gasteiger partial charge in [-0.25, -0.2) is 13.6 Å². The minimum Gasteiger partial charge on any atom is -0.398 e. The average molecular weight is 311 g/mol. The van der Waals surface area contributed by atoms with Gasteiger partial charge in [-0.1, -0.05) is 13.0 Å². The Bertz CT molecular complexity index is 682. The van der Waals surface area contributed by atoms with E-state index < -0.39 is 10.0 Å². The van der Waals surface area contributed by atoms with E-state index in [2.05, 4.69) is 18.3 Å². The molecule has 108 valence electrons. The third-order valence-electron chi connectivity index (χ3n) is 2.95. The topological polar surface area (TPSA) is 98.2 Å². The van der Waals surface area contributed by atoms with E-state index >= 15 is 0 Å². The van der Waals surface area contributed by atoms with Crippen LogP contribution in [0.15, 0.2) is 40.6 Å². The summed E-state index contributed by atoms with van der Waals surface area (Å²) in [5, 5.41) is 10.5. The minimum absolute atomic E-state index is 0.0489. The Morgan fingerprint density at radius 3 is 2.60 bits per heavy atom. The molecule has 2 aromatic rings. The van der Waals surface area contributed by atoms with Crippen molar-refractivity contribution in [1.82, 2.24) is 0 Å². The first-order valence-electron chi connectivity index (χ1n) is 6.14. The van der Waals surface area contributed by atoms with Crippen LogP contribution in [0.25, 0.3) is 0 Å². The number of anilines is 2. The largest absolute Gasteiger partial charge is 0.398 e. The van der Waals surface area contributed by atoms with Gasteiger partial charge in [0.15, 0.2) is 0 Å². The van der Waals surface area contributed by atoms with Gasteiger partial charge < -0.3 is 11.1 Å². The summed E-state index contributed by atoms with van der Waals surface area (Å²) >= 11 is 1.68. The predicted octanol–water partition coefficient (Wildman–Crippen LogP) is 2.54. The summed E-state index contributed by atoms with van der Waals surface area (Å²) in [4.78, 5) is 1.17. The lowest BCUT2D eigenvalue weighted by molar-refractivity contribution is 0.598. The van der Waals surface area contributed by atoms with Crippen molar-refractivity contribution in [3.05, 3.63) is 40.6 Å². The minimum atomic E-state index is -3.78. The first-order chi connectivity index (χ1) is 9.41. The Balaban J connectivity index is 2.24. The zero-order valence-corrected chi connectivity index (χ0v) is 12.7. The van der Waals surface area contributed by atoms with Crippen LogP contribution in [0.3, 0.4) is 0 Å². The number of thiophene rings is 1. The van der Waals surface area contributed by atoms with Crippen LogP contribution in [0.2, 0.25) is 0 Å². The first kappa shape index (κ1) is 14.8. The van der Waals surface area contributed by atoms with Crippen molar-refractivity contribution in [3.63, 3.8) is 0 Å². The summed E-state index contributed by atoms with van der Waals surface area (Å²) in [6, 6.07) is 8.93. The fraction of sp³-hybridized carbons (Fsp3) is 0.231. The van der Waals surface area contributed by atoms with Crippen LogP contribution in [-0.4, -0.2) is 8.42 Å². The highest BCUT2D eigenvalue weighted by Gasteiger charge is 2.14. The van der Waals surface area contributed by atoms with Crippen molar-refractivity contribution in [1.29, 1.82) is 0 Å². The third-order valence-corrected chi connectivity index (χ3v) is 4.92. The molecule has 5 N–H and O–H groups in total. The quantitative estimate of drug-likeness (QED) is 0.739. The predicted molar refractivity (Wildman–Crippen MR) is 83.2 cm³/mol. The van der Waals surface area contributed by atoms with Gasteiger partial charge in [0, 0.05) is 10.6 Å². The maximum Gasteiger partial charge on any atom is 0.240 e. The Labute approximate surface area is 122 Å². The fourth-order valence-corrected chi connectivity index (χ4v) is 3.47. The number of hydrogen-bond donors (Lipinski definition) is 3. The molecule has 0 aliphatic heterocycles. The van der Waals surface area contributed by atoms with Crippen LogP contribution in [-0.2, 0) is 10.0 Å². The van der Waals surface area contributed by atoms with E-state index in [1.54, 1.807) is 23.5 Å². The molecule has 0 fully saturated rings. The van der Waals surface area contributed by atoms with Crippen molar-refractivity contribution < 1.29 is 8.42 Å². The number of nitrogens with two attached hydrogens (primary N) is 2. The summed E-state index contributed by atoms with van der Waals surface area (Å²) in [5.74, 6) is 0. The van der Waals surface area contributed by atoms with Crippen LogP contribution < -0.4 is 16.2 Å². The lowest BCUT2D eigenvalue weighted by Gasteiger charge is -2.17. The van der Waals surface area contributed by atoms with Gasteiger partial charge in [-0.2, -0.15) is 0 Å². The molecule has 1 aromatic heterocycles. The van der Waals surface area contributed by atoms with Gasteiger partial charge in [0.2, 0.25) is 10.0 Å². The van der Waals surface area contributed by atoms with Crippen LogP contribution in [0.4, 0.5) is 11.4 Å². The summed E-state index contributed by atoms with van der Waals surface area (Å²) in [6.45, 7) is 2.08. The molecule has 0 aliphatic carbocycles. The molecule has 1 atom stereocenters. The van der Waals surface area contributed by atoms with Crippen LogP contribution >= 0.6 is 11.3 Å². The summed E-state index contributed by atoms with van der Waals surface area (Å²) in [7, 11) is -3.78. The normalized spacial score (nSPS) is 13.1. The van der Waals surface area contributed by atoms with E-state index in [0.717, 1.165) is 12.1 Å². The van der Waals surface area contributed by atoms with E-state index in [9.17, 15) is 8.42 Å². The van der Waals surface area contributed by atoms with E-state index in [4.69, 9.17) is 10.9 Å². The number of rotatable bonds is 5. The van der Waals surface area contributed by atoms with Gasteiger partial charge >= 0.3 is 0 Å². The lowest BCUT2D eigenvalue weighted by atomic mass is 10.1. The van der Waals surface area contributed by atoms with Crippen molar-refractivity contribution in [2.45, 2.75) is 24.3 Å². The lowest BCUT2D eigenvalue weighted by Crippen LogP contribution is -2.15. The fourth-order valence-electron chi connectivity index (χ4n) is 1.96. The zero-order chi connectivity index (χ0) is 14.8. The van der Waals surface area contributed by atoms with Crippen LogP contribution in [0.1, 0.15) is 24.3 Å². The smallest absolute Gasteiger partial charge is 0.240 e. The maximum absolute atomic E-state index is 11.3. The number of nitrogens with one attached hydrogen (secondary N) is 1. The number of benzene rings is 1. The molecule has 0 spiro atoms. The van der Waals surface area contributed by atoms with E-state index in [1.165, 1.54) is 10.9 Å². The molecule has 7 heteroatoms. The van der Waals surface area contributed by atoms with Gasteiger partial charge in [0.25, 0.3) is 0 Å². The molecule has 1 unspecified atom stereocenters. The second-order valence-electron chi connectivity index (χ2n) is 4.42. The molecule has 0 bridgehead atoms. The van der Waals surface area contributed by atoms with Gasteiger partial charge in [0.1, 0.15) is 4.90 Å². The molecular formula is C13H17N3O2S2. The summed E-state index contributed by atoms with van der Waals surface area (Å²) in [6.07, 6.45) is 0.914. The highest BCUT2D eigenvalue weighted by atomic mass is 32.2. The Morgan fingerprint density at radius 2 is 2.10 bits per heavy atom.